The molecule has 0 radical (unpaired) electrons. The van der Waals surface area contributed by atoms with Crippen molar-refractivity contribution in [1.82, 2.24) is 0 Å². The maximum Gasteiger partial charge on any atom is 0.294 e. The molecule has 1 aromatic rings. The van der Waals surface area contributed by atoms with Crippen molar-refractivity contribution in [1.29, 1.82) is 0 Å². The van der Waals surface area contributed by atoms with Gasteiger partial charge in [-0.25, -0.2) is 8.42 Å². The van der Waals surface area contributed by atoms with Crippen molar-refractivity contribution in [3.8, 4) is 0 Å². The lowest BCUT2D eigenvalue weighted by Gasteiger charge is -2.28. The normalized spacial score (nSPS) is 15.3. The number of benzene rings is 1. The number of fused-ring (bicyclic) bond motifs is 1. The second-order valence-corrected chi connectivity index (χ2v) is 6.95. The van der Waals surface area contributed by atoms with E-state index < -0.39 is 14.9 Å². The number of aryl methyl sites for hydroxylation is 1. The summed E-state index contributed by atoms with van der Waals surface area (Å²) in [4.78, 5) is 10.5. The van der Waals surface area contributed by atoms with E-state index in [-0.39, 0.29) is 17.9 Å². The zero-order chi connectivity index (χ0) is 13.5. The molecule has 6 nitrogen and oxygen atoms in total. The van der Waals surface area contributed by atoms with E-state index in [0.29, 0.717) is 22.9 Å². The number of hydrogen-bond acceptors (Lipinski definition) is 4. The van der Waals surface area contributed by atoms with Crippen LogP contribution >= 0.6 is 15.9 Å². The van der Waals surface area contributed by atoms with Crippen molar-refractivity contribution >= 4 is 37.3 Å². The van der Waals surface area contributed by atoms with Crippen LogP contribution in [0.4, 0.5) is 11.4 Å². The van der Waals surface area contributed by atoms with Gasteiger partial charge in [-0.2, -0.15) is 0 Å². The lowest BCUT2D eigenvalue weighted by molar-refractivity contribution is -0.384. The summed E-state index contributed by atoms with van der Waals surface area (Å²) in [5.41, 5.74) is 0.717. The van der Waals surface area contributed by atoms with E-state index in [9.17, 15) is 18.5 Å². The molecule has 0 saturated carbocycles. The van der Waals surface area contributed by atoms with E-state index in [4.69, 9.17) is 0 Å². The summed E-state index contributed by atoms with van der Waals surface area (Å²) in [5.74, 6) is 0. The number of hydrogen-bond donors (Lipinski definition) is 0. The molecule has 1 aliphatic heterocycles. The summed E-state index contributed by atoms with van der Waals surface area (Å²) in [6.07, 6.45) is 2.36. The Bertz CT molecular complexity index is 615. The molecule has 0 spiro atoms. The number of sulfonamides is 1. The number of nitro benzene ring substituents is 1. The first-order valence-corrected chi connectivity index (χ1v) is 7.89. The predicted molar refractivity (Wildman–Crippen MR) is 71.3 cm³/mol. The second-order valence-electron chi connectivity index (χ2n) is 4.13. The van der Waals surface area contributed by atoms with E-state index >= 15 is 0 Å². The van der Waals surface area contributed by atoms with Crippen LogP contribution in [0.3, 0.4) is 0 Å². The number of nitrogens with zero attached hydrogens (tertiary/aromatic N) is 2. The molecule has 0 saturated heterocycles. The fourth-order valence-electron chi connectivity index (χ4n) is 2.11. The Morgan fingerprint density at radius 3 is 2.67 bits per heavy atom. The smallest absolute Gasteiger partial charge is 0.263 e. The summed E-state index contributed by atoms with van der Waals surface area (Å²) < 4.78 is 25.1. The van der Waals surface area contributed by atoms with Crippen molar-refractivity contribution in [3.05, 3.63) is 32.3 Å². The summed E-state index contributed by atoms with van der Waals surface area (Å²) in [7, 11) is -3.49. The number of anilines is 1. The highest BCUT2D eigenvalue weighted by Gasteiger charge is 2.31. The highest BCUT2D eigenvalue weighted by atomic mass is 79.9. The molecule has 0 aliphatic carbocycles. The van der Waals surface area contributed by atoms with Gasteiger partial charge in [-0.05, 0) is 24.5 Å². The van der Waals surface area contributed by atoms with Crippen LogP contribution in [-0.4, -0.2) is 26.1 Å². The Balaban J connectivity index is 2.72. The highest BCUT2D eigenvalue weighted by Crippen LogP contribution is 2.39. The van der Waals surface area contributed by atoms with E-state index in [1.807, 2.05) is 0 Å². The maximum atomic E-state index is 11.7. The molecular formula is C10H11BrN2O4S. The summed E-state index contributed by atoms with van der Waals surface area (Å²) in [5, 5.41) is 11.1. The molecule has 0 amide bonds. The molecule has 1 heterocycles. The summed E-state index contributed by atoms with van der Waals surface area (Å²) in [6, 6.07) is 3.07. The predicted octanol–water partition coefficient (Wildman–Crippen LogP) is 2.07. The van der Waals surface area contributed by atoms with Gasteiger partial charge in [0.1, 0.15) is 5.69 Å². The van der Waals surface area contributed by atoms with E-state index in [0.717, 1.165) is 10.6 Å². The summed E-state index contributed by atoms with van der Waals surface area (Å²) in [6.45, 7) is 0.286. The van der Waals surface area contributed by atoms with Crippen LogP contribution in [0.2, 0.25) is 0 Å². The molecular weight excluding hydrogens is 324 g/mol. The first-order chi connectivity index (χ1) is 8.30. The van der Waals surface area contributed by atoms with Crippen LogP contribution in [-0.2, 0) is 16.4 Å². The zero-order valence-electron chi connectivity index (χ0n) is 9.59. The third-order valence-electron chi connectivity index (χ3n) is 2.79. The number of nitro groups is 1. The average molecular weight is 335 g/mol. The van der Waals surface area contributed by atoms with Gasteiger partial charge in [-0.3, -0.25) is 14.4 Å². The molecule has 0 bridgehead atoms. The van der Waals surface area contributed by atoms with Gasteiger partial charge in [0, 0.05) is 17.1 Å². The third kappa shape index (κ3) is 2.35. The molecule has 0 N–H and O–H groups in total. The minimum Gasteiger partial charge on any atom is -0.263 e. The van der Waals surface area contributed by atoms with E-state index in [1.165, 1.54) is 6.07 Å². The van der Waals surface area contributed by atoms with Crippen molar-refractivity contribution in [3.63, 3.8) is 0 Å². The van der Waals surface area contributed by atoms with Crippen molar-refractivity contribution in [2.75, 3.05) is 17.1 Å². The van der Waals surface area contributed by atoms with Crippen LogP contribution < -0.4 is 4.31 Å². The highest BCUT2D eigenvalue weighted by molar-refractivity contribution is 9.10. The second kappa shape index (κ2) is 4.51. The Kier molecular flexibility index (Phi) is 3.33. The topological polar surface area (TPSA) is 80.5 Å². The van der Waals surface area contributed by atoms with Gasteiger partial charge >= 0.3 is 0 Å². The van der Waals surface area contributed by atoms with Gasteiger partial charge in [-0.15, -0.1) is 0 Å². The van der Waals surface area contributed by atoms with Crippen LogP contribution in [0.25, 0.3) is 0 Å². The summed E-state index contributed by atoms with van der Waals surface area (Å²) >= 11 is 3.21. The van der Waals surface area contributed by atoms with Crippen LogP contribution in [0.15, 0.2) is 16.6 Å². The Hall–Kier alpha value is -1.15. The lowest BCUT2D eigenvalue weighted by Crippen LogP contribution is -2.35. The van der Waals surface area contributed by atoms with Gasteiger partial charge in [0.05, 0.1) is 11.2 Å². The molecule has 8 heteroatoms. The quantitative estimate of drug-likeness (QED) is 0.612. The van der Waals surface area contributed by atoms with Gasteiger partial charge < -0.3 is 0 Å². The van der Waals surface area contributed by atoms with E-state index in [2.05, 4.69) is 15.9 Å². The van der Waals surface area contributed by atoms with Gasteiger partial charge in [0.2, 0.25) is 10.0 Å². The Labute approximate surface area is 113 Å². The molecule has 98 valence electrons. The number of rotatable bonds is 2. The molecule has 18 heavy (non-hydrogen) atoms. The average Bonchev–Trinajstić information content (AvgIpc) is 2.25. The largest absolute Gasteiger partial charge is 0.294 e. The minimum atomic E-state index is -3.49. The molecule has 0 unspecified atom stereocenters. The lowest BCUT2D eigenvalue weighted by atomic mass is 10.0. The molecule has 0 aromatic heterocycles. The molecule has 2 rings (SSSR count). The molecule has 0 atom stereocenters. The fraction of sp³-hybridized carbons (Fsp3) is 0.400. The Morgan fingerprint density at radius 1 is 1.44 bits per heavy atom. The molecule has 0 fully saturated rings. The van der Waals surface area contributed by atoms with Gasteiger partial charge in [0.25, 0.3) is 5.69 Å². The van der Waals surface area contributed by atoms with Crippen molar-refractivity contribution < 1.29 is 13.3 Å². The monoisotopic (exact) mass is 334 g/mol. The molecule has 1 aliphatic rings. The van der Waals surface area contributed by atoms with Gasteiger partial charge in [0.15, 0.2) is 0 Å². The van der Waals surface area contributed by atoms with Crippen LogP contribution in [0.1, 0.15) is 12.0 Å². The van der Waals surface area contributed by atoms with Crippen molar-refractivity contribution in [2.45, 2.75) is 12.8 Å². The van der Waals surface area contributed by atoms with Crippen LogP contribution in [0.5, 0.6) is 0 Å². The minimum absolute atomic E-state index is 0.176. The molecule has 1 aromatic carbocycles. The van der Waals surface area contributed by atoms with Crippen molar-refractivity contribution in [2.24, 2.45) is 0 Å². The van der Waals surface area contributed by atoms with E-state index in [1.54, 1.807) is 6.07 Å². The SMILES string of the molecule is CS(=O)(=O)N1CCCc2cc(Br)cc([N+](=O)[O-])c21. The first-order valence-electron chi connectivity index (χ1n) is 5.25. The zero-order valence-corrected chi connectivity index (χ0v) is 12.0. The number of halogens is 1. The maximum absolute atomic E-state index is 11.7. The third-order valence-corrected chi connectivity index (χ3v) is 4.41. The van der Waals surface area contributed by atoms with Gasteiger partial charge in [-0.1, -0.05) is 15.9 Å². The van der Waals surface area contributed by atoms with Crippen LogP contribution in [0, 0.1) is 10.1 Å². The fourth-order valence-corrected chi connectivity index (χ4v) is 3.61. The Morgan fingerprint density at radius 2 is 2.11 bits per heavy atom. The first kappa shape index (κ1) is 13.3. The standard InChI is InChI=1S/C10H11BrN2O4S/c1-18(16,17)12-4-2-3-7-5-8(11)6-9(10(7)12)13(14)15/h5-6H,2-4H2,1H3.